The van der Waals surface area contributed by atoms with Crippen molar-refractivity contribution >= 4 is 52.2 Å². The molecule has 0 radical (unpaired) electrons. The van der Waals surface area contributed by atoms with E-state index in [1.54, 1.807) is 32.1 Å². The van der Waals surface area contributed by atoms with E-state index < -0.39 is 18.0 Å². The minimum Gasteiger partial charge on any atom is -0.478 e. The number of rotatable bonds is 5. The van der Waals surface area contributed by atoms with E-state index in [2.05, 4.69) is 0 Å². The number of carboxylic acids is 1. The maximum Gasteiger partial charge on any atom is 0.335 e. The van der Waals surface area contributed by atoms with Crippen LogP contribution in [-0.2, 0) is 14.3 Å². The third kappa shape index (κ3) is 3.82. The molecule has 0 bridgehead atoms. The van der Waals surface area contributed by atoms with E-state index in [1.165, 1.54) is 17.0 Å². The van der Waals surface area contributed by atoms with Gasteiger partial charge in [0.1, 0.15) is 10.4 Å². The van der Waals surface area contributed by atoms with Crippen molar-refractivity contribution in [1.29, 1.82) is 0 Å². The quantitative estimate of drug-likeness (QED) is 0.488. The summed E-state index contributed by atoms with van der Waals surface area (Å²) in [4.78, 5) is 36.8. The molecule has 1 amide bonds. The molecule has 1 heterocycles. The molecule has 1 unspecified atom stereocenters. The molecule has 1 aliphatic heterocycles. The lowest BCUT2D eigenvalue weighted by molar-refractivity contribution is -0.149. The Labute approximate surface area is 148 Å². The van der Waals surface area contributed by atoms with Gasteiger partial charge in [-0.25, -0.2) is 9.59 Å². The first-order valence-corrected chi connectivity index (χ1v) is 8.34. The number of thiocarbonyl (C=S) groups is 1. The number of carbonyl (C=O) groups is 3. The van der Waals surface area contributed by atoms with Gasteiger partial charge in [-0.15, -0.1) is 0 Å². The topological polar surface area (TPSA) is 83.9 Å². The summed E-state index contributed by atoms with van der Waals surface area (Å²) in [6.45, 7) is 3.48. The predicted molar refractivity (Wildman–Crippen MR) is 94.5 cm³/mol. The number of esters is 1. The van der Waals surface area contributed by atoms with Crippen LogP contribution in [0.15, 0.2) is 29.2 Å². The molecule has 1 aromatic carbocycles. The maximum atomic E-state index is 12.5. The number of carboxylic acid groups (broad SMARTS) is 1. The smallest absolute Gasteiger partial charge is 0.335 e. The Kier molecular flexibility index (Phi) is 5.74. The zero-order valence-electron chi connectivity index (χ0n) is 13.0. The average molecular weight is 365 g/mol. The number of nitrogens with zero attached hydrogens (tertiary/aromatic N) is 1. The van der Waals surface area contributed by atoms with Crippen LogP contribution in [0.4, 0.5) is 0 Å². The fourth-order valence-electron chi connectivity index (χ4n) is 2.06. The molecule has 0 saturated carbocycles. The summed E-state index contributed by atoms with van der Waals surface area (Å²) in [7, 11) is 0. The lowest BCUT2D eigenvalue weighted by Crippen LogP contribution is -2.42. The summed E-state index contributed by atoms with van der Waals surface area (Å²) >= 11 is 6.28. The van der Waals surface area contributed by atoms with Gasteiger partial charge in [0, 0.05) is 0 Å². The number of benzene rings is 1. The second-order valence-corrected chi connectivity index (χ2v) is 6.58. The minimum absolute atomic E-state index is 0.163. The Hall–Kier alpha value is -2.19. The Morgan fingerprint density at radius 2 is 2.00 bits per heavy atom. The van der Waals surface area contributed by atoms with E-state index in [0.717, 1.165) is 11.8 Å². The van der Waals surface area contributed by atoms with Crippen LogP contribution in [0.2, 0.25) is 0 Å². The van der Waals surface area contributed by atoms with Crippen molar-refractivity contribution in [2.75, 3.05) is 6.61 Å². The molecule has 0 aromatic heterocycles. The summed E-state index contributed by atoms with van der Waals surface area (Å²) in [5, 5.41) is 8.89. The highest BCUT2D eigenvalue weighted by molar-refractivity contribution is 8.26. The van der Waals surface area contributed by atoms with E-state index in [1.807, 2.05) is 0 Å². The van der Waals surface area contributed by atoms with Crippen molar-refractivity contribution in [2.24, 2.45) is 0 Å². The lowest BCUT2D eigenvalue weighted by Gasteiger charge is -2.21. The molecule has 1 aromatic rings. The number of aromatic carboxylic acids is 1. The number of carbonyl (C=O) groups excluding carboxylic acids is 2. The van der Waals surface area contributed by atoms with Crippen molar-refractivity contribution in [3.8, 4) is 0 Å². The van der Waals surface area contributed by atoms with Gasteiger partial charge in [0.05, 0.1) is 17.1 Å². The molecule has 8 heteroatoms. The highest BCUT2D eigenvalue weighted by Gasteiger charge is 2.38. The maximum absolute atomic E-state index is 12.5. The van der Waals surface area contributed by atoms with Gasteiger partial charge >= 0.3 is 11.9 Å². The van der Waals surface area contributed by atoms with Gasteiger partial charge in [-0.1, -0.05) is 36.1 Å². The van der Waals surface area contributed by atoms with Gasteiger partial charge in [0.25, 0.3) is 5.91 Å². The van der Waals surface area contributed by atoms with Gasteiger partial charge in [-0.3, -0.25) is 9.69 Å². The molecule has 1 atom stereocenters. The third-order valence-corrected chi connectivity index (χ3v) is 4.62. The molecule has 6 nitrogen and oxygen atoms in total. The van der Waals surface area contributed by atoms with Crippen LogP contribution in [-0.4, -0.2) is 44.8 Å². The molecule has 2 rings (SSSR count). The van der Waals surface area contributed by atoms with Gasteiger partial charge in [-0.05, 0) is 37.6 Å². The van der Waals surface area contributed by atoms with Crippen LogP contribution in [0.3, 0.4) is 0 Å². The molecular formula is C16H15NO5S2. The van der Waals surface area contributed by atoms with E-state index in [9.17, 15) is 14.4 Å². The fourth-order valence-corrected chi connectivity index (χ4v) is 3.47. The second-order valence-electron chi connectivity index (χ2n) is 4.91. The first-order chi connectivity index (χ1) is 11.3. The Morgan fingerprint density at radius 1 is 1.38 bits per heavy atom. The molecular weight excluding hydrogens is 350 g/mol. The number of hydrogen-bond donors (Lipinski definition) is 1. The van der Waals surface area contributed by atoms with Crippen LogP contribution in [0.5, 0.6) is 0 Å². The van der Waals surface area contributed by atoms with Crippen LogP contribution < -0.4 is 0 Å². The van der Waals surface area contributed by atoms with Gasteiger partial charge in [0.2, 0.25) is 0 Å². The van der Waals surface area contributed by atoms with Crippen LogP contribution in [0.1, 0.15) is 29.8 Å². The largest absolute Gasteiger partial charge is 0.478 e. The number of thioether (sulfide) groups is 1. The van der Waals surface area contributed by atoms with E-state index in [-0.39, 0.29) is 22.4 Å². The monoisotopic (exact) mass is 365 g/mol. The highest BCUT2D eigenvalue weighted by atomic mass is 32.2. The number of amides is 1. The van der Waals surface area contributed by atoms with Crippen LogP contribution in [0, 0.1) is 0 Å². The fraction of sp³-hybridized carbons (Fsp3) is 0.250. The van der Waals surface area contributed by atoms with E-state index in [0.29, 0.717) is 10.5 Å². The second kappa shape index (κ2) is 7.59. The van der Waals surface area contributed by atoms with Crippen molar-refractivity contribution in [3.05, 3.63) is 40.3 Å². The van der Waals surface area contributed by atoms with E-state index in [4.69, 9.17) is 22.1 Å². The van der Waals surface area contributed by atoms with Crippen molar-refractivity contribution in [1.82, 2.24) is 4.90 Å². The average Bonchev–Trinajstić information content (AvgIpc) is 2.81. The zero-order valence-corrected chi connectivity index (χ0v) is 14.6. The van der Waals surface area contributed by atoms with Crippen LogP contribution in [0.25, 0.3) is 6.08 Å². The number of ether oxygens (including phenoxy) is 1. The molecule has 126 valence electrons. The highest BCUT2D eigenvalue weighted by Crippen LogP contribution is 2.34. The predicted octanol–water partition coefficient (Wildman–Crippen LogP) is 2.54. The zero-order chi connectivity index (χ0) is 17.9. The summed E-state index contributed by atoms with van der Waals surface area (Å²) in [5.74, 6) is -1.90. The lowest BCUT2D eigenvalue weighted by atomic mass is 10.1. The number of hydrogen-bond acceptors (Lipinski definition) is 6. The molecule has 1 saturated heterocycles. The Bertz CT molecular complexity index is 726. The molecule has 24 heavy (non-hydrogen) atoms. The summed E-state index contributed by atoms with van der Waals surface area (Å²) < 4.78 is 5.21. The van der Waals surface area contributed by atoms with Gasteiger partial charge < -0.3 is 9.84 Å². The minimum atomic E-state index is -1.02. The molecule has 0 spiro atoms. The molecule has 1 N–H and O–H groups in total. The van der Waals surface area contributed by atoms with Gasteiger partial charge in [-0.2, -0.15) is 0 Å². The SMILES string of the molecule is CCOC(=O)C(C)N1C(=O)/C(=C/c2ccc(C(=O)O)cc2)SC1=S. The van der Waals surface area contributed by atoms with Gasteiger partial charge in [0.15, 0.2) is 0 Å². The molecule has 0 aliphatic carbocycles. The summed E-state index contributed by atoms with van der Waals surface area (Å²) in [5.41, 5.74) is 0.833. The molecule has 1 fully saturated rings. The van der Waals surface area contributed by atoms with Crippen molar-refractivity contribution in [3.63, 3.8) is 0 Å². The molecule has 1 aliphatic rings. The normalized spacial score (nSPS) is 17.2. The van der Waals surface area contributed by atoms with Crippen molar-refractivity contribution in [2.45, 2.75) is 19.9 Å². The Balaban J connectivity index is 2.21. The third-order valence-electron chi connectivity index (χ3n) is 3.29. The van der Waals surface area contributed by atoms with E-state index >= 15 is 0 Å². The van der Waals surface area contributed by atoms with Crippen LogP contribution >= 0.6 is 24.0 Å². The summed E-state index contributed by atoms with van der Waals surface area (Å²) in [6.07, 6.45) is 1.61. The standard InChI is InChI=1S/C16H15NO5S2/c1-3-22-15(21)9(2)17-13(18)12(24-16(17)23)8-10-4-6-11(7-5-10)14(19)20/h4-9H,3H2,1-2H3,(H,19,20)/b12-8-. The Morgan fingerprint density at radius 3 is 2.54 bits per heavy atom. The van der Waals surface area contributed by atoms with Crippen molar-refractivity contribution < 1.29 is 24.2 Å². The summed E-state index contributed by atoms with van der Waals surface area (Å²) in [6, 6.07) is 5.32. The first-order valence-electron chi connectivity index (χ1n) is 7.12. The first kappa shape index (κ1) is 18.2.